The summed E-state index contributed by atoms with van der Waals surface area (Å²) in [7, 11) is -3.56. The van der Waals surface area contributed by atoms with E-state index in [1.807, 2.05) is 38.1 Å². The predicted molar refractivity (Wildman–Crippen MR) is 127 cm³/mol. The molecule has 0 radical (unpaired) electrons. The Morgan fingerprint density at radius 2 is 1.68 bits per heavy atom. The van der Waals surface area contributed by atoms with Crippen molar-refractivity contribution in [2.45, 2.75) is 25.3 Å². The Morgan fingerprint density at radius 3 is 2.35 bits per heavy atom. The number of hydrogen-bond acceptors (Lipinski definition) is 8. The Morgan fingerprint density at radius 1 is 0.971 bits per heavy atom. The molecule has 0 aliphatic carbocycles. The van der Waals surface area contributed by atoms with Crippen LogP contribution in [0, 0.1) is 6.92 Å². The minimum absolute atomic E-state index is 0.262. The van der Waals surface area contributed by atoms with Crippen LogP contribution in [-0.4, -0.2) is 73.8 Å². The SMILES string of the molecule is CCOCCOc1ccc(S(=O)(=O)N2CCN(Cc3nc(-c4ccc(C)cc4)no3)CC2)cc1. The smallest absolute Gasteiger partial charge is 0.243 e. The molecule has 0 N–H and O–H groups in total. The number of sulfonamides is 1. The van der Waals surface area contributed by atoms with Gasteiger partial charge in [-0.2, -0.15) is 9.29 Å². The maximum atomic E-state index is 13.1. The largest absolute Gasteiger partial charge is 0.491 e. The quantitative estimate of drug-likeness (QED) is 0.404. The number of piperazine rings is 1. The summed E-state index contributed by atoms with van der Waals surface area (Å²) in [6.45, 7) is 7.96. The third-order valence-electron chi connectivity index (χ3n) is 5.63. The van der Waals surface area contributed by atoms with Crippen LogP contribution in [0.4, 0.5) is 0 Å². The molecule has 2 heterocycles. The highest BCUT2D eigenvalue weighted by Crippen LogP contribution is 2.22. The molecule has 0 unspecified atom stereocenters. The molecule has 0 saturated carbocycles. The van der Waals surface area contributed by atoms with Gasteiger partial charge in [0.15, 0.2) is 0 Å². The van der Waals surface area contributed by atoms with Crippen molar-refractivity contribution < 1.29 is 22.4 Å². The zero-order valence-electron chi connectivity index (χ0n) is 19.5. The van der Waals surface area contributed by atoms with Gasteiger partial charge in [-0.05, 0) is 38.1 Å². The number of rotatable bonds is 10. The van der Waals surface area contributed by atoms with Gasteiger partial charge in [-0.25, -0.2) is 8.42 Å². The van der Waals surface area contributed by atoms with Gasteiger partial charge < -0.3 is 14.0 Å². The van der Waals surface area contributed by atoms with Crippen LogP contribution in [0.2, 0.25) is 0 Å². The summed E-state index contributed by atoms with van der Waals surface area (Å²) in [5, 5.41) is 4.07. The Balaban J connectivity index is 1.29. The van der Waals surface area contributed by atoms with Crippen molar-refractivity contribution in [3.05, 3.63) is 60.0 Å². The van der Waals surface area contributed by atoms with Crippen molar-refractivity contribution >= 4 is 10.0 Å². The molecule has 1 aliphatic rings. The number of ether oxygens (including phenoxy) is 2. The number of nitrogens with zero attached hydrogens (tertiary/aromatic N) is 4. The van der Waals surface area contributed by atoms with E-state index in [0.717, 1.165) is 5.56 Å². The van der Waals surface area contributed by atoms with Crippen LogP contribution in [0.25, 0.3) is 11.4 Å². The van der Waals surface area contributed by atoms with E-state index in [4.69, 9.17) is 14.0 Å². The van der Waals surface area contributed by atoms with Crippen molar-refractivity contribution in [3.8, 4) is 17.1 Å². The van der Waals surface area contributed by atoms with E-state index in [2.05, 4.69) is 15.0 Å². The Kier molecular flexibility index (Phi) is 7.94. The second kappa shape index (κ2) is 11.1. The Bertz CT molecular complexity index is 1150. The van der Waals surface area contributed by atoms with Gasteiger partial charge >= 0.3 is 0 Å². The monoisotopic (exact) mass is 486 g/mol. The molecule has 1 aliphatic heterocycles. The molecule has 3 aromatic rings. The summed E-state index contributed by atoms with van der Waals surface area (Å²) in [6, 6.07) is 14.5. The minimum Gasteiger partial charge on any atom is -0.491 e. The van der Waals surface area contributed by atoms with Gasteiger partial charge in [0.1, 0.15) is 12.4 Å². The second-order valence-electron chi connectivity index (χ2n) is 8.07. The summed E-state index contributed by atoms with van der Waals surface area (Å²) < 4.78 is 43.8. The van der Waals surface area contributed by atoms with E-state index < -0.39 is 10.0 Å². The van der Waals surface area contributed by atoms with Gasteiger partial charge in [-0.15, -0.1) is 0 Å². The molecule has 4 rings (SSSR count). The number of benzene rings is 2. The van der Waals surface area contributed by atoms with Crippen LogP contribution in [0.1, 0.15) is 18.4 Å². The molecule has 0 atom stereocenters. The van der Waals surface area contributed by atoms with Gasteiger partial charge in [0.2, 0.25) is 21.7 Å². The summed E-state index contributed by atoms with van der Waals surface area (Å²) in [4.78, 5) is 6.87. The summed E-state index contributed by atoms with van der Waals surface area (Å²) in [6.07, 6.45) is 0. The molecule has 34 heavy (non-hydrogen) atoms. The zero-order chi connectivity index (χ0) is 24.0. The zero-order valence-corrected chi connectivity index (χ0v) is 20.3. The molecule has 10 heteroatoms. The van der Waals surface area contributed by atoms with Crippen molar-refractivity contribution in [2.24, 2.45) is 0 Å². The molecular formula is C24H30N4O5S. The topological polar surface area (TPSA) is 98.0 Å². The van der Waals surface area contributed by atoms with E-state index >= 15 is 0 Å². The van der Waals surface area contributed by atoms with Crippen LogP contribution < -0.4 is 4.74 Å². The highest BCUT2D eigenvalue weighted by atomic mass is 32.2. The molecule has 1 fully saturated rings. The fourth-order valence-electron chi connectivity index (χ4n) is 3.68. The molecular weight excluding hydrogens is 456 g/mol. The lowest BCUT2D eigenvalue weighted by molar-refractivity contribution is 0.110. The maximum Gasteiger partial charge on any atom is 0.243 e. The first-order chi connectivity index (χ1) is 16.5. The normalized spacial score (nSPS) is 15.5. The van der Waals surface area contributed by atoms with E-state index in [1.54, 1.807) is 24.3 Å². The van der Waals surface area contributed by atoms with Crippen LogP contribution >= 0.6 is 0 Å². The lowest BCUT2D eigenvalue weighted by Crippen LogP contribution is -2.48. The average molecular weight is 487 g/mol. The van der Waals surface area contributed by atoms with E-state index in [0.29, 0.717) is 70.0 Å². The highest BCUT2D eigenvalue weighted by molar-refractivity contribution is 7.89. The maximum absolute atomic E-state index is 13.1. The van der Waals surface area contributed by atoms with Crippen LogP contribution in [0.5, 0.6) is 5.75 Å². The molecule has 0 amide bonds. The van der Waals surface area contributed by atoms with Gasteiger partial charge in [0, 0.05) is 38.3 Å². The van der Waals surface area contributed by atoms with Gasteiger partial charge in [0.25, 0.3) is 0 Å². The third-order valence-corrected chi connectivity index (χ3v) is 7.54. The molecule has 2 aromatic carbocycles. The van der Waals surface area contributed by atoms with Crippen molar-refractivity contribution in [3.63, 3.8) is 0 Å². The minimum atomic E-state index is -3.56. The summed E-state index contributed by atoms with van der Waals surface area (Å²) in [5.41, 5.74) is 2.07. The van der Waals surface area contributed by atoms with Crippen molar-refractivity contribution in [1.82, 2.24) is 19.3 Å². The lowest BCUT2D eigenvalue weighted by Gasteiger charge is -2.33. The molecule has 1 saturated heterocycles. The van der Waals surface area contributed by atoms with Crippen molar-refractivity contribution in [2.75, 3.05) is 46.0 Å². The molecule has 0 spiro atoms. The van der Waals surface area contributed by atoms with Crippen molar-refractivity contribution in [1.29, 1.82) is 0 Å². The average Bonchev–Trinajstić information content (AvgIpc) is 3.31. The molecule has 182 valence electrons. The molecule has 0 bridgehead atoms. The summed E-state index contributed by atoms with van der Waals surface area (Å²) in [5.74, 6) is 1.70. The number of aryl methyl sites for hydroxylation is 1. The fraction of sp³-hybridized carbons (Fsp3) is 0.417. The molecule has 1 aromatic heterocycles. The first-order valence-corrected chi connectivity index (χ1v) is 12.8. The fourth-order valence-corrected chi connectivity index (χ4v) is 5.10. The van der Waals surface area contributed by atoms with E-state index in [1.165, 1.54) is 9.87 Å². The van der Waals surface area contributed by atoms with Gasteiger partial charge in [-0.1, -0.05) is 35.0 Å². The third kappa shape index (κ3) is 6.01. The van der Waals surface area contributed by atoms with E-state index in [-0.39, 0.29) is 4.90 Å². The van der Waals surface area contributed by atoms with Crippen LogP contribution in [0.15, 0.2) is 57.9 Å². The first kappa shape index (κ1) is 24.3. The molecule has 9 nitrogen and oxygen atoms in total. The summed E-state index contributed by atoms with van der Waals surface area (Å²) >= 11 is 0. The van der Waals surface area contributed by atoms with E-state index in [9.17, 15) is 8.42 Å². The predicted octanol–water partition coefficient (Wildman–Crippen LogP) is 2.97. The number of hydrogen-bond donors (Lipinski definition) is 0. The standard InChI is InChI=1S/C24H30N4O5S/c1-3-31-16-17-32-21-8-10-22(11-9-21)34(29,30)28-14-12-27(13-15-28)18-23-25-24(26-33-23)20-6-4-19(2)5-7-20/h4-11H,3,12-18H2,1-2H3. The first-order valence-electron chi connectivity index (χ1n) is 11.4. The van der Waals surface area contributed by atoms with Gasteiger partial charge in [0.05, 0.1) is 18.0 Å². The number of aromatic nitrogens is 2. The van der Waals surface area contributed by atoms with Crippen LogP contribution in [0.3, 0.4) is 0 Å². The van der Waals surface area contributed by atoms with Crippen LogP contribution in [-0.2, 0) is 21.3 Å². The lowest BCUT2D eigenvalue weighted by atomic mass is 10.1. The Hall–Kier alpha value is -2.79. The Labute approximate surface area is 200 Å². The van der Waals surface area contributed by atoms with Gasteiger partial charge in [-0.3, -0.25) is 4.90 Å². The second-order valence-corrected chi connectivity index (χ2v) is 10.0. The highest BCUT2D eigenvalue weighted by Gasteiger charge is 2.29.